The van der Waals surface area contributed by atoms with Gasteiger partial charge in [0.05, 0.1) is 12.8 Å². The molecule has 154 valence electrons. The van der Waals surface area contributed by atoms with Gasteiger partial charge in [-0.15, -0.1) is 0 Å². The number of hydrogen-bond donors (Lipinski definition) is 1. The van der Waals surface area contributed by atoms with E-state index in [1.54, 1.807) is 7.11 Å². The third kappa shape index (κ3) is 5.75. The first-order valence-electron chi connectivity index (χ1n) is 9.93. The van der Waals surface area contributed by atoms with Gasteiger partial charge in [-0.3, -0.25) is 9.67 Å². The van der Waals surface area contributed by atoms with Crippen LogP contribution in [0.5, 0.6) is 5.75 Å². The van der Waals surface area contributed by atoms with E-state index in [1.807, 2.05) is 30.9 Å². The number of aliphatic imine (C=N–C) groups is 1. The van der Waals surface area contributed by atoms with Gasteiger partial charge in [-0.1, -0.05) is 32.9 Å². The molecule has 0 saturated carbocycles. The second-order valence-corrected chi connectivity index (χ2v) is 7.66. The fourth-order valence-corrected chi connectivity index (χ4v) is 3.38. The van der Waals surface area contributed by atoms with Crippen molar-refractivity contribution in [1.29, 1.82) is 0 Å². The van der Waals surface area contributed by atoms with Gasteiger partial charge < -0.3 is 15.0 Å². The lowest BCUT2D eigenvalue weighted by Gasteiger charge is -2.23. The maximum absolute atomic E-state index is 5.24. The van der Waals surface area contributed by atoms with Crippen molar-refractivity contribution in [2.75, 3.05) is 27.7 Å². The Bertz CT molecular complexity index is 764. The van der Waals surface area contributed by atoms with Crippen LogP contribution in [0.15, 0.2) is 35.5 Å². The minimum atomic E-state index is 0.407. The smallest absolute Gasteiger partial charge is 0.193 e. The summed E-state index contributed by atoms with van der Waals surface area (Å²) in [7, 11) is 7.57. The molecule has 0 spiro atoms. The van der Waals surface area contributed by atoms with Crippen LogP contribution < -0.4 is 10.1 Å². The number of aromatic nitrogens is 2. The summed E-state index contributed by atoms with van der Waals surface area (Å²) in [6.45, 7) is 8.27. The third-order valence-corrected chi connectivity index (χ3v) is 5.01. The Kier molecular flexibility index (Phi) is 7.91. The Morgan fingerprint density at radius 1 is 1.25 bits per heavy atom. The molecule has 0 aliphatic heterocycles. The summed E-state index contributed by atoms with van der Waals surface area (Å²) in [5, 5.41) is 8.09. The van der Waals surface area contributed by atoms with E-state index in [4.69, 9.17) is 4.74 Å². The Morgan fingerprint density at radius 2 is 1.93 bits per heavy atom. The molecular formula is C22H35N5O. The summed E-state index contributed by atoms with van der Waals surface area (Å²) in [5.74, 6) is 2.67. The molecule has 6 nitrogen and oxygen atoms in total. The number of ether oxygens (including phenoxy) is 1. The molecule has 0 bridgehead atoms. The standard InChI is InChI=1S/C22H35N5O/c1-16(2)21-19(15-27(6)25-21)14-26(5)22(23-4)24-13-12-17(3)18-8-10-20(28-7)11-9-18/h8-11,15-17H,12-14H2,1-7H3,(H,23,24). The highest BCUT2D eigenvalue weighted by Gasteiger charge is 2.15. The Balaban J connectivity index is 1.89. The van der Waals surface area contributed by atoms with Gasteiger partial charge in [0.15, 0.2) is 5.96 Å². The van der Waals surface area contributed by atoms with E-state index < -0.39 is 0 Å². The summed E-state index contributed by atoms with van der Waals surface area (Å²) in [6, 6.07) is 8.32. The topological polar surface area (TPSA) is 54.7 Å². The van der Waals surface area contributed by atoms with Crippen LogP contribution in [0.2, 0.25) is 0 Å². The molecule has 0 amide bonds. The van der Waals surface area contributed by atoms with Crippen molar-refractivity contribution in [2.24, 2.45) is 12.0 Å². The molecule has 2 aromatic rings. The van der Waals surface area contributed by atoms with Crippen LogP contribution >= 0.6 is 0 Å². The van der Waals surface area contributed by atoms with E-state index in [2.05, 4.69) is 66.5 Å². The van der Waals surface area contributed by atoms with Gasteiger partial charge >= 0.3 is 0 Å². The zero-order chi connectivity index (χ0) is 20.7. The van der Waals surface area contributed by atoms with Crippen molar-refractivity contribution in [1.82, 2.24) is 20.0 Å². The molecule has 2 rings (SSSR count). The molecule has 0 radical (unpaired) electrons. The van der Waals surface area contributed by atoms with E-state index in [0.29, 0.717) is 11.8 Å². The van der Waals surface area contributed by atoms with E-state index in [9.17, 15) is 0 Å². The Morgan fingerprint density at radius 3 is 2.50 bits per heavy atom. The van der Waals surface area contributed by atoms with Crippen LogP contribution in [0.1, 0.15) is 55.8 Å². The largest absolute Gasteiger partial charge is 0.497 e. The molecule has 1 atom stereocenters. The number of nitrogens with zero attached hydrogens (tertiary/aromatic N) is 4. The predicted octanol–water partition coefficient (Wildman–Crippen LogP) is 3.75. The number of aryl methyl sites for hydroxylation is 1. The van der Waals surface area contributed by atoms with Crippen LogP contribution in [0, 0.1) is 0 Å². The summed E-state index contributed by atoms with van der Waals surface area (Å²) < 4.78 is 7.13. The van der Waals surface area contributed by atoms with Crippen molar-refractivity contribution in [3.05, 3.63) is 47.3 Å². The van der Waals surface area contributed by atoms with Gasteiger partial charge in [0.1, 0.15) is 5.75 Å². The Labute approximate surface area is 169 Å². The van der Waals surface area contributed by atoms with E-state index >= 15 is 0 Å². The molecular weight excluding hydrogens is 350 g/mol. The molecule has 0 aliphatic carbocycles. The highest BCUT2D eigenvalue weighted by atomic mass is 16.5. The molecule has 1 aromatic carbocycles. The monoisotopic (exact) mass is 385 g/mol. The number of benzene rings is 1. The minimum absolute atomic E-state index is 0.407. The Hall–Kier alpha value is -2.50. The van der Waals surface area contributed by atoms with E-state index in [1.165, 1.54) is 11.1 Å². The molecule has 1 heterocycles. The highest BCUT2D eigenvalue weighted by molar-refractivity contribution is 5.79. The lowest BCUT2D eigenvalue weighted by Crippen LogP contribution is -2.39. The first-order valence-corrected chi connectivity index (χ1v) is 9.93. The van der Waals surface area contributed by atoms with Crippen molar-refractivity contribution in [2.45, 2.75) is 45.6 Å². The SMILES string of the molecule is CN=C(NCCC(C)c1ccc(OC)cc1)N(C)Cc1cn(C)nc1C(C)C. The number of rotatable bonds is 8. The van der Waals surface area contributed by atoms with Crippen molar-refractivity contribution in [3.63, 3.8) is 0 Å². The highest BCUT2D eigenvalue weighted by Crippen LogP contribution is 2.21. The zero-order valence-corrected chi connectivity index (χ0v) is 18.4. The predicted molar refractivity (Wildman–Crippen MR) is 116 cm³/mol. The van der Waals surface area contributed by atoms with Crippen LogP contribution in [-0.4, -0.2) is 48.4 Å². The maximum Gasteiger partial charge on any atom is 0.193 e. The first kappa shape index (κ1) is 21.8. The fraction of sp³-hybridized carbons (Fsp3) is 0.545. The summed E-state index contributed by atoms with van der Waals surface area (Å²) >= 11 is 0. The number of methoxy groups -OCH3 is 1. The lowest BCUT2D eigenvalue weighted by molar-refractivity contribution is 0.414. The van der Waals surface area contributed by atoms with Crippen LogP contribution in [0.3, 0.4) is 0 Å². The molecule has 6 heteroatoms. The second-order valence-electron chi connectivity index (χ2n) is 7.66. The molecule has 1 N–H and O–H groups in total. The summed E-state index contributed by atoms with van der Waals surface area (Å²) in [5.41, 5.74) is 3.72. The molecule has 28 heavy (non-hydrogen) atoms. The number of hydrogen-bond acceptors (Lipinski definition) is 3. The molecule has 0 fully saturated rings. The van der Waals surface area contributed by atoms with Gasteiger partial charge in [0.2, 0.25) is 0 Å². The quantitative estimate of drug-likeness (QED) is 0.555. The summed E-state index contributed by atoms with van der Waals surface area (Å²) in [4.78, 5) is 6.60. The first-order chi connectivity index (χ1) is 13.3. The maximum atomic E-state index is 5.24. The normalized spacial score (nSPS) is 12.9. The second kappa shape index (κ2) is 10.2. The molecule has 1 aromatic heterocycles. The van der Waals surface area contributed by atoms with Gasteiger partial charge in [-0.25, -0.2) is 0 Å². The van der Waals surface area contributed by atoms with E-state index in [-0.39, 0.29) is 0 Å². The molecule has 0 aliphatic rings. The zero-order valence-electron chi connectivity index (χ0n) is 18.4. The van der Waals surface area contributed by atoms with Crippen LogP contribution in [0.4, 0.5) is 0 Å². The number of nitrogens with one attached hydrogen (secondary N) is 1. The van der Waals surface area contributed by atoms with E-state index in [0.717, 1.165) is 36.9 Å². The van der Waals surface area contributed by atoms with Gasteiger partial charge in [-0.2, -0.15) is 5.10 Å². The summed E-state index contributed by atoms with van der Waals surface area (Å²) in [6.07, 6.45) is 3.13. The molecule has 0 saturated heterocycles. The number of guanidine groups is 1. The molecule has 1 unspecified atom stereocenters. The lowest BCUT2D eigenvalue weighted by atomic mass is 9.98. The van der Waals surface area contributed by atoms with Crippen molar-refractivity contribution >= 4 is 5.96 Å². The average Bonchev–Trinajstić information content (AvgIpc) is 3.05. The average molecular weight is 386 g/mol. The van der Waals surface area contributed by atoms with Crippen molar-refractivity contribution < 1.29 is 4.74 Å². The van der Waals surface area contributed by atoms with Crippen LogP contribution in [-0.2, 0) is 13.6 Å². The van der Waals surface area contributed by atoms with Gasteiger partial charge in [-0.05, 0) is 36.0 Å². The van der Waals surface area contributed by atoms with Gasteiger partial charge in [0, 0.05) is 46.0 Å². The fourth-order valence-electron chi connectivity index (χ4n) is 3.38. The van der Waals surface area contributed by atoms with Crippen LogP contribution in [0.25, 0.3) is 0 Å². The minimum Gasteiger partial charge on any atom is -0.497 e. The van der Waals surface area contributed by atoms with Crippen molar-refractivity contribution in [3.8, 4) is 5.75 Å². The van der Waals surface area contributed by atoms with Gasteiger partial charge in [0.25, 0.3) is 0 Å². The third-order valence-electron chi connectivity index (χ3n) is 5.01.